The van der Waals surface area contributed by atoms with Gasteiger partial charge in [0.15, 0.2) is 0 Å². The van der Waals surface area contributed by atoms with Crippen LogP contribution in [0.15, 0.2) is 24.3 Å². The van der Waals surface area contributed by atoms with Crippen LogP contribution in [0.1, 0.15) is 11.6 Å². The summed E-state index contributed by atoms with van der Waals surface area (Å²) in [4.78, 5) is 0. The van der Waals surface area contributed by atoms with Gasteiger partial charge in [-0.1, -0.05) is 12.1 Å². The maximum Gasteiger partial charge on any atom is 0.461 e. The summed E-state index contributed by atoms with van der Waals surface area (Å²) < 4.78 is 52.6. The van der Waals surface area contributed by atoms with Crippen molar-refractivity contribution in [3.05, 3.63) is 29.8 Å². The van der Waals surface area contributed by atoms with Gasteiger partial charge >= 0.3 is 12.5 Å². The Kier molecular flexibility index (Phi) is 4.30. The Bertz CT molecular complexity index is 356. The lowest BCUT2D eigenvalue weighted by atomic mass is 10.1. The van der Waals surface area contributed by atoms with Gasteiger partial charge in [-0.3, -0.25) is 0 Å². The zero-order valence-corrected chi connectivity index (χ0v) is 8.62. The van der Waals surface area contributed by atoms with E-state index in [0.29, 0.717) is 5.56 Å². The Labute approximate surface area is 94.8 Å². The molecular weight excluding hydrogens is 242 g/mol. The molecule has 0 fully saturated rings. The number of alkyl halides is 4. The molecule has 1 atom stereocenters. The molecular formula is C10H11F4NO2. The molecule has 1 rings (SSSR count). The van der Waals surface area contributed by atoms with E-state index in [9.17, 15) is 17.6 Å². The summed E-state index contributed by atoms with van der Waals surface area (Å²) in [7, 11) is 0. The van der Waals surface area contributed by atoms with Gasteiger partial charge in [0.25, 0.3) is 0 Å². The summed E-state index contributed by atoms with van der Waals surface area (Å²) >= 11 is 0. The molecule has 0 aliphatic heterocycles. The summed E-state index contributed by atoms with van der Waals surface area (Å²) in [6, 6.07) is 4.15. The van der Waals surface area contributed by atoms with Crippen molar-refractivity contribution in [2.45, 2.75) is 18.6 Å². The van der Waals surface area contributed by atoms with Gasteiger partial charge in [0.2, 0.25) is 0 Å². The molecule has 0 aromatic heterocycles. The van der Waals surface area contributed by atoms with Crippen LogP contribution in [-0.4, -0.2) is 24.2 Å². The normalized spacial score (nSPS) is 13.8. The molecule has 0 aliphatic carbocycles. The molecule has 7 heteroatoms. The second kappa shape index (κ2) is 5.33. The Hall–Kier alpha value is -1.34. The highest BCUT2D eigenvalue weighted by Crippen LogP contribution is 2.27. The third kappa shape index (κ3) is 3.57. The first-order valence-electron chi connectivity index (χ1n) is 4.68. The maximum atomic E-state index is 12.5. The molecule has 0 saturated carbocycles. The minimum Gasteiger partial charge on any atom is -0.428 e. The van der Waals surface area contributed by atoms with Crippen LogP contribution < -0.4 is 10.5 Å². The van der Waals surface area contributed by atoms with Crippen molar-refractivity contribution in [2.75, 3.05) is 6.61 Å². The van der Waals surface area contributed by atoms with E-state index in [0.717, 1.165) is 12.1 Å². The van der Waals surface area contributed by atoms with Crippen molar-refractivity contribution in [1.82, 2.24) is 0 Å². The van der Waals surface area contributed by atoms with Crippen LogP contribution in [0.2, 0.25) is 0 Å². The van der Waals surface area contributed by atoms with Crippen molar-refractivity contribution < 1.29 is 27.4 Å². The molecule has 0 unspecified atom stereocenters. The van der Waals surface area contributed by atoms with E-state index in [2.05, 4.69) is 4.74 Å². The summed E-state index contributed by atoms with van der Waals surface area (Å²) in [5, 5.41) is 8.74. The van der Waals surface area contributed by atoms with E-state index in [4.69, 9.17) is 10.8 Å². The summed E-state index contributed by atoms with van der Waals surface area (Å²) in [6.45, 7) is -0.312. The average molecular weight is 253 g/mol. The first-order chi connectivity index (χ1) is 7.86. The zero-order valence-electron chi connectivity index (χ0n) is 8.62. The van der Waals surface area contributed by atoms with Crippen LogP contribution in [0.4, 0.5) is 17.6 Å². The number of hydrogen-bond acceptors (Lipinski definition) is 3. The Morgan fingerprint density at radius 1 is 1.24 bits per heavy atom. The molecule has 3 nitrogen and oxygen atoms in total. The monoisotopic (exact) mass is 253 g/mol. The summed E-state index contributed by atoms with van der Waals surface area (Å²) in [5.41, 5.74) is 5.95. The number of halogens is 4. The molecule has 96 valence electrons. The molecule has 0 saturated heterocycles. The molecule has 1 aromatic rings. The van der Waals surface area contributed by atoms with Gasteiger partial charge in [-0.05, 0) is 17.7 Å². The Balaban J connectivity index is 2.75. The van der Waals surface area contributed by atoms with Crippen molar-refractivity contribution in [3.8, 4) is 5.75 Å². The van der Waals surface area contributed by atoms with Crippen LogP contribution in [0.25, 0.3) is 0 Å². The molecule has 0 heterocycles. The van der Waals surface area contributed by atoms with Crippen LogP contribution in [-0.2, 0) is 0 Å². The number of ether oxygens (including phenoxy) is 1. The van der Waals surface area contributed by atoms with E-state index in [-0.39, 0.29) is 6.61 Å². The highest BCUT2D eigenvalue weighted by molar-refractivity contribution is 5.29. The summed E-state index contributed by atoms with van der Waals surface area (Å²) in [6.07, 6.45) is -8.43. The van der Waals surface area contributed by atoms with E-state index in [1.807, 2.05) is 0 Å². The number of nitrogens with two attached hydrogens (primary N) is 1. The Morgan fingerprint density at radius 3 is 2.18 bits per heavy atom. The third-order valence-corrected chi connectivity index (χ3v) is 2.01. The van der Waals surface area contributed by atoms with Gasteiger partial charge in [0, 0.05) is 0 Å². The van der Waals surface area contributed by atoms with Gasteiger partial charge < -0.3 is 15.6 Å². The SMILES string of the molecule is N[C@@H](CO)c1ccc(OC(F)(F)C(F)F)cc1. The zero-order chi connectivity index (χ0) is 13.1. The maximum absolute atomic E-state index is 12.5. The largest absolute Gasteiger partial charge is 0.461 e. The number of aliphatic hydroxyl groups excluding tert-OH is 1. The number of benzene rings is 1. The fraction of sp³-hybridized carbons (Fsp3) is 0.400. The van der Waals surface area contributed by atoms with Gasteiger partial charge in [-0.15, -0.1) is 0 Å². The number of hydrogen-bond donors (Lipinski definition) is 2. The standard InChI is InChI=1S/C10H11F4NO2/c11-9(12)10(13,14)17-7-3-1-6(2-4-7)8(15)5-16/h1-4,8-9,16H,5,15H2/t8-/m0/s1. The first-order valence-corrected chi connectivity index (χ1v) is 4.68. The molecule has 0 bridgehead atoms. The number of rotatable bonds is 5. The van der Waals surface area contributed by atoms with E-state index in [1.54, 1.807) is 0 Å². The minimum atomic E-state index is -4.53. The quantitative estimate of drug-likeness (QED) is 0.788. The van der Waals surface area contributed by atoms with Crippen molar-refractivity contribution in [3.63, 3.8) is 0 Å². The lowest BCUT2D eigenvalue weighted by molar-refractivity contribution is -0.253. The van der Waals surface area contributed by atoms with E-state index < -0.39 is 24.3 Å². The van der Waals surface area contributed by atoms with Crippen LogP contribution in [0.3, 0.4) is 0 Å². The minimum absolute atomic E-state index is 0.312. The molecule has 0 spiro atoms. The van der Waals surface area contributed by atoms with Crippen molar-refractivity contribution >= 4 is 0 Å². The fourth-order valence-corrected chi connectivity index (χ4v) is 1.09. The lowest BCUT2D eigenvalue weighted by Crippen LogP contribution is -2.33. The number of aliphatic hydroxyl groups is 1. The first kappa shape index (κ1) is 13.7. The molecule has 0 amide bonds. The Morgan fingerprint density at radius 2 is 1.76 bits per heavy atom. The highest BCUT2D eigenvalue weighted by atomic mass is 19.3. The molecule has 17 heavy (non-hydrogen) atoms. The van der Waals surface area contributed by atoms with Gasteiger partial charge in [-0.2, -0.15) is 17.6 Å². The second-order valence-electron chi connectivity index (χ2n) is 3.32. The summed E-state index contributed by atoms with van der Waals surface area (Å²) in [5.74, 6) is -0.399. The molecule has 3 N–H and O–H groups in total. The average Bonchev–Trinajstić information content (AvgIpc) is 2.28. The molecule has 0 radical (unpaired) electrons. The molecule has 1 aromatic carbocycles. The highest BCUT2D eigenvalue weighted by Gasteiger charge is 2.43. The van der Waals surface area contributed by atoms with Crippen molar-refractivity contribution in [2.24, 2.45) is 5.73 Å². The van der Waals surface area contributed by atoms with Gasteiger partial charge in [0.05, 0.1) is 12.6 Å². The lowest BCUT2D eigenvalue weighted by Gasteiger charge is -2.17. The van der Waals surface area contributed by atoms with Crippen LogP contribution >= 0.6 is 0 Å². The smallest absolute Gasteiger partial charge is 0.428 e. The second-order valence-corrected chi connectivity index (χ2v) is 3.32. The van der Waals surface area contributed by atoms with E-state index in [1.165, 1.54) is 12.1 Å². The van der Waals surface area contributed by atoms with Gasteiger partial charge in [-0.25, -0.2) is 0 Å². The van der Waals surface area contributed by atoms with Crippen LogP contribution in [0.5, 0.6) is 5.75 Å². The molecule has 0 aliphatic rings. The van der Waals surface area contributed by atoms with Crippen molar-refractivity contribution in [1.29, 1.82) is 0 Å². The predicted octanol–water partition coefficient (Wildman–Crippen LogP) is 1.92. The topological polar surface area (TPSA) is 55.5 Å². The third-order valence-electron chi connectivity index (χ3n) is 2.01. The van der Waals surface area contributed by atoms with E-state index >= 15 is 0 Å². The predicted molar refractivity (Wildman–Crippen MR) is 52.0 cm³/mol. The fourth-order valence-electron chi connectivity index (χ4n) is 1.09. The van der Waals surface area contributed by atoms with Crippen LogP contribution in [0, 0.1) is 0 Å². The van der Waals surface area contributed by atoms with Gasteiger partial charge in [0.1, 0.15) is 5.75 Å².